The molecule has 0 aliphatic rings. The van der Waals surface area contributed by atoms with Gasteiger partial charge in [-0.15, -0.1) is 0 Å². The highest BCUT2D eigenvalue weighted by Gasteiger charge is 2.22. The lowest BCUT2D eigenvalue weighted by Gasteiger charge is -2.17. The Morgan fingerprint density at radius 3 is 0.776 bits per heavy atom. The van der Waals surface area contributed by atoms with Crippen LogP contribution in [0.3, 0.4) is 0 Å². The number of esters is 10. The van der Waals surface area contributed by atoms with Crippen LogP contribution in [0.1, 0.15) is 86.0 Å². The Kier molecular flexibility index (Phi) is 161. The van der Waals surface area contributed by atoms with Crippen LogP contribution in [0.5, 0.6) is 0 Å². The highest BCUT2D eigenvalue weighted by Crippen LogP contribution is 2.19. The first-order valence-electron chi connectivity index (χ1n) is 46.6. The van der Waals surface area contributed by atoms with Gasteiger partial charge in [-0.05, 0) is 102 Å². The average molecular weight is 2610 g/mol. The van der Waals surface area contributed by atoms with E-state index in [1.165, 1.54) is 47.0 Å². The van der Waals surface area contributed by atoms with Gasteiger partial charge in [-0.2, -0.15) is 343 Å². The molecule has 0 saturated carbocycles. The number of carbonyl (C=O) groups excluding carboxylic acids is 10. The van der Waals surface area contributed by atoms with Crippen LogP contribution in [-0.2, 0) is 95.3 Å². The summed E-state index contributed by atoms with van der Waals surface area (Å²) in [6.45, 7) is 25.2. The second-order valence-corrected chi connectivity index (χ2v) is 49.6. The number of hydrogen-bond donors (Lipinski definition) is 24. The van der Waals surface area contributed by atoms with Gasteiger partial charge >= 0.3 is 59.7 Å². The van der Waals surface area contributed by atoms with E-state index in [0.29, 0.717) is 134 Å². The minimum Gasteiger partial charge on any atom is -0.465 e. The first-order chi connectivity index (χ1) is 70.3. The van der Waals surface area contributed by atoms with Crippen LogP contribution in [0.2, 0.25) is 0 Å². The maximum absolute atomic E-state index is 11.8. The van der Waals surface area contributed by atoms with Crippen LogP contribution < -0.4 is 0 Å². The molecule has 0 aromatic carbocycles. The van der Waals surface area contributed by atoms with Crippen molar-refractivity contribution < 1.29 is 136 Å². The van der Waals surface area contributed by atoms with E-state index in [1.807, 2.05) is 37.4 Å². The molecule has 0 radical (unpaired) electrons. The van der Waals surface area contributed by atoms with Crippen LogP contribution >= 0.6 is 343 Å². The van der Waals surface area contributed by atoms with Crippen LogP contribution in [0.4, 0.5) is 0 Å². The van der Waals surface area contributed by atoms with Gasteiger partial charge in [0, 0.05) is 173 Å². The standard InChI is InChI=1S/C14H28O6S4.C13H26O6S4.C12H24O2S4.C11H22O2S4.C10H20O2S4.C9H18O2S4.C6H12O2S2.C6H8O2.C5H10O2S2.C5H6O2/c1-9(6-24-8-13(18)11(16)5-22)14(19)20-2-3-23-7-12(17)10(15)4-21;14-9(5-20)11(16)7-22-3-1-13(18)19-2-4-23-8-12(17)10(15)6-21;1-11(10-18-8-3-6-16)12(13)14-4-9-17-7-2-5-15;12-11(3-9-16-7-1-5-14)13-4-10-17-8-2-6-15;1-9(8-16-7-4-14)10(11)12-2-5-15-6-3-13;10-9(1-5-14-7-3-12)11-2-6-15-8-4-13;1-5(4-10)6(7)8-2-3-9;1-4-8-6(7)5(2)3;6-5(1-3-8)7-2-4-9;1-3-5(6)7-4-2/h9-13,15-18,21-22H,2-8H2,1H3;9-12,14-17,20-21H,1-8H2;11,15-16H,2-10H2,1H3;14-15H,1-10H2;9,13-14H,2-8H2,1H3;12-13H,1-8H2;5,9-10H,2-4H2,1H3;4H,1-2H2,3H3;8-9H,1-4H2;3-4H,1-2H2. The second-order valence-electron chi connectivity index (χ2n) is 28.7. The highest BCUT2D eigenvalue weighted by atomic mass is 32.2. The van der Waals surface area contributed by atoms with E-state index in [9.17, 15) is 88.8 Å². The van der Waals surface area contributed by atoms with Crippen molar-refractivity contribution in [1.29, 1.82) is 0 Å². The minimum atomic E-state index is -0.864. The molecule has 874 valence electrons. The fraction of sp³-hybridized carbons (Fsp3) is 0.802. The molecular weight excluding hydrogens is 2440 g/mol. The lowest BCUT2D eigenvalue weighted by atomic mass is 10.2. The first-order valence-corrected chi connectivity index (χ1v) is 70.6. The van der Waals surface area contributed by atoms with Crippen LogP contribution in [0.25, 0.3) is 0 Å². The maximum atomic E-state index is 11.8. The molecule has 0 heterocycles. The Labute approximate surface area is 1020 Å². The molecule has 0 aliphatic heterocycles. The molecule has 0 aliphatic carbocycles. The first kappa shape index (κ1) is 170. The Bertz CT molecular complexity index is 3010. The lowest BCUT2D eigenvalue weighted by Crippen LogP contribution is -2.30. The molecule has 0 spiro atoms. The number of thiol groups is 16. The summed E-state index contributed by atoms with van der Waals surface area (Å²) in [5.74, 6) is 26.2. The predicted molar refractivity (Wildman–Crippen MR) is 696 cm³/mol. The normalized spacial score (nSPS) is 12.8. The number of thioether (sulfide) groups is 12. The van der Waals surface area contributed by atoms with Crippen molar-refractivity contribution in [3.8, 4) is 0 Å². The van der Waals surface area contributed by atoms with Crippen molar-refractivity contribution >= 4 is 403 Å². The molecule has 28 nitrogen and oxygen atoms in total. The topological polar surface area (TPSA) is 425 Å². The number of hydrogen-bond acceptors (Lipinski definition) is 56. The highest BCUT2D eigenvalue weighted by molar-refractivity contribution is 8.02. The molecule has 0 saturated heterocycles. The fourth-order valence-electron chi connectivity index (χ4n) is 7.52. The largest absolute Gasteiger partial charge is 0.465 e. The predicted octanol–water partition coefficient (Wildman–Crippen LogP) is 14.6. The number of ether oxygens (including phenoxy) is 10. The van der Waals surface area contributed by atoms with Gasteiger partial charge < -0.3 is 88.2 Å². The van der Waals surface area contributed by atoms with Crippen molar-refractivity contribution in [1.82, 2.24) is 0 Å². The van der Waals surface area contributed by atoms with E-state index in [2.05, 4.69) is 243 Å². The molecule has 0 amide bonds. The Morgan fingerprint density at radius 2 is 0.490 bits per heavy atom. The molecule has 0 aromatic rings. The van der Waals surface area contributed by atoms with Gasteiger partial charge in [0.1, 0.15) is 52.9 Å². The van der Waals surface area contributed by atoms with Crippen molar-refractivity contribution in [3.63, 3.8) is 0 Å². The van der Waals surface area contributed by atoms with Crippen molar-refractivity contribution in [2.24, 2.45) is 23.7 Å². The van der Waals surface area contributed by atoms with Crippen LogP contribution in [0, 0.1) is 23.7 Å². The van der Waals surface area contributed by atoms with Gasteiger partial charge in [-0.3, -0.25) is 38.4 Å². The van der Waals surface area contributed by atoms with E-state index in [1.54, 1.807) is 91.3 Å². The number of aliphatic hydroxyl groups is 8. The van der Waals surface area contributed by atoms with Gasteiger partial charge in [-0.25, -0.2) is 9.59 Å². The van der Waals surface area contributed by atoms with E-state index in [0.717, 1.165) is 182 Å². The Morgan fingerprint density at radius 1 is 0.252 bits per heavy atom. The minimum absolute atomic E-state index is 0.00245. The molecule has 0 bridgehead atoms. The summed E-state index contributed by atoms with van der Waals surface area (Å²) in [6, 6.07) is 0. The number of aliphatic hydroxyl groups excluding tert-OH is 8. The zero-order valence-corrected chi connectivity index (χ0v) is 109. The van der Waals surface area contributed by atoms with Gasteiger partial charge in [0.25, 0.3) is 0 Å². The van der Waals surface area contributed by atoms with E-state index >= 15 is 0 Å². The number of carbonyl (C=O) groups is 10. The third-order valence-corrected chi connectivity index (χ3v) is 34.6. The van der Waals surface area contributed by atoms with Crippen molar-refractivity contribution in [2.45, 2.75) is 135 Å². The molecule has 8 N–H and O–H groups in total. The summed E-state index contributed by atoms with van der Waals surface area (Å²) in [7, 11) is 0. The third-order valence-electron chi connectivity index (χ3n) is 15.5. The summed E-state index contributed by atoms with van der Waals surface area (Å²) in [5, 5.41) is 75.5. The van der Waals surface area contributed by atoms with E-state index in [-0.39, 0.29) is 114 Å². The average Bonchev–Trinajstić information content (AvgIpc) is 0.945. The molecule has 0 fully saturated rings. The second kappa shape index (κ2) is 140. The van der Waals surface area contributed by atoms with E-state index in [4.69, 9.17) is 33.2 Å². The monoisotopic (exact) mass is 2610 g/mol. The Balaban J connectivity index is -0.000000181. The molecule has 12 atom stereocenters. The summed E-state index contributed by atoms with van der Waals surface area (Å²) >= 11 is 83.9. The lowest BCUT2D eigenvalue weighted by molar-refractivity contribution is -0.147. The quantitative estimate of drug-likeness (QED) is 0.00671. The fourth-order valence-corrected chi connectivity index (χ4v) is 21.6. The van der Waals surface area contributed by atoms with Crippen molar-refractivity contribution in [3.05, 3.63) is 50.5 Å². The summed E-state index contributed by atoms with van der Waals surface area (Å²) < 4.78 is 48.7. The summed E-state index contributed by atoms with van der Waals surface area (Å²) in [5.41, 5.74) is 0.380. The van der Waals surface area contributed by atoms with Gasteiger partial charge in [0.2, 0.25) is 0 Å². The van der Waals surface area contributed by atoms with Crippen molar-refractivity contribution in [2.75, 3.05) is 283 Å². The van der Waals surface area contributed by atoms with Gasteiger partial charge in [0.15, 0.2) is 0 Å². The molecule has 12 unspecified atom stereocenters. The van der Waals surface area contributed by atoms with Gasteiger partial charge in [0.05, 0.1) is 111 Å². The third kappa shape index (κ3) is 141. The molecule has 147 heavy (non-hydrogen) atoms. The molecular formula is C91H174O28S28. The SMILES string of the molecule is C=COC(=O)C(=C)C.C=COC(=O)C=C.CC(CS)C(=O)OCCS.CC(CSCC(O)C(O)CS)C(=O)OCCSCC(O)C(O)CS.CC(CSCCCS)C(=O)OCCSCCCS.CC(CSCCS)C(=O)OCCSCCS.O=C(CCS)OCCS.O=C(CCSCC(O)C(O)CS)OCCSCC(O)C(O)CS.O=C(CCSCCCS)OCCSCCCS.O=C(CCSCCS)OCCSCCS. The Hall–Kier alpha value is 3.14. The summed E-state index contributed by atoms with van der Waals surface area (Å²) in [6.07, 6.45) is 2.51. The number of rotatable bonds is 84. The zero-order valence-electron chi connectivity index (χ0n) is 85.4. The molecule has 0 rings (SSSR count). The van der Waals surface area contributed by atoms with Gasteiger partial charge in [-0.1, -0.05) is 54.0 Å². The van der Waals surface area contributed by atoms with E-state index < -0.39 is 60.8 Å². The smallest absolute Gasteiger partial charge is 0.337 e. The molecule has 0 aromatic heterocycles. The zero-order chi connectivity index (χ0) is 114. The maximum Gasteiger partial charge on any atom is 0.337 e. The molecule has 56 heteroatoms. The van der Waals surface area contributed by atoms with Crippen LogP contribution in [-0.4, -0.2) is 432 Å². The summed E-state index contributed by atoms with van der Waals surface area (Å²) in [4.78, 5) is 110. The van der Waals surface area contributed by atoms with Crippen LogP contribution in [0.15, 0.2) is 50.5 Å².